The number of benzene rings is 2. The number of halogens is 3. The van der Waals surface area contributed by atoms with Crippen molar-refractivity contribution in [2.24, 2.45) is 0 Å². The van der Waals surface area contributed by atoms with E-state index in [-0.39, 0.29) is 17.5 Å². The quantitative estimate of drug-likeness (QED) is 0.317. The molecule has 2 aliphatic heterocycles. The molecule has 232 valence electrons. The number of aromatic nitrogens is 1. The summed E-state index contributed by atoms with van der Waals surface area (Å²) in [6.45, 7) is 10.3. The monoisotopic (exact) mass is 617 g/mol. The number of methoxy groups -OCH3 is 1. The van der Waals surface area contributed by atoms with E-state index in [1.54, 1.807) is 13.8 Å². The van der Waals surface area contributed by atoms with E-state index >= 15 is 0 Å². The predicted octanol–water partition coefficient (Wildman–Crippen LogP) is 5.32. The molecule has 0 amide bonds. The van der Waals surface area contributed by atoms with Gasteiger partial charge in [0.15, 0.2) is 18.2 Å². The van der Waals surface area contributed by atoms with E-state index in [0.717, 1.165) is 16.4 Å². The topological polar surface area (TPSA) is 68.3 Å². The van der Waals surface area contributed by atoms with Crippen LogP contribution < -0.4 is 15.1 Å². The molecule has 2 aromatic carbocycles. The van der Waals surface area contributed by atoms with Crippen LogP contribution in [0.1, 0.15) is 40.3 Å². The molecule has 3 aromatic rings. The fourth-order valence-electron chi connectivity index (χ4n) is 6.03. The lowest BCUT2D eigenvalue weighted by Crippen LogP contribution is -2.68. The molecule has 5 rings (SSSR count). The first-order valence-corrected chi connectivity index (χ1v) is 16.2. The van der Waals surface area contributed by atoms with E-state index < -0.39 is 56.7 Å². The number of alkyl halides is 3. The van der Waals surface area contributed by atoms with Gasteiger partial charge >= 0.3 is 6.18 Å². The Morgan fingerprint density at radius 2 is 1.42 bits per heavy atom. The standard InChI is InChI=1S/C32H38F3NO6Si/c1-30(2,3)43(21-14-9-7-10-15-21,22-16-11-8-12-17-22)38-20-23-26-27(42-31(4,5)41-26)28(29(37-6)39-23)40-25-19-13-18-24(36-25)32(33,34)35/h7-19,23,26-29H,20H2,1-6H3/t23-,26+,27+,28-,29+/m1/s1. The third-order valence-electron chi connectivity index (χ3n) is 7.82. The molecule has 2 saturated heterocycles. The summed E-state index contributed by atoms with van der Waals surface area (Å²) >= 11 is 0. The zero-order chi connectivity index (χ0) is 31.0. The van der Waals surface area contributed by atoms with Crippen molar-refractivity contribution < 1.29 is 41.3 Å². The van der Waals surface area contributed by atoms with Gasteiger partial charge in [-0.3, -0.25) is 0 Å². The molecule has 11 heteroatoms. The molecule has 3 heterocycles. The number of nitrogens with zero attached hydrogens (tertiary/aromatic N) is 1. The predicted molar refractivity (Wildman–Crippen MR) is 157 cm³/mol. The van der Waals surface area contributed by atoms with Crippen LogP contribution in [0.15, 0.2) is 78.9 Å². The molecule has 0 bridgehead atoms. The largest absolute Gasteiger partial charge is 0.466 e. The lowest BCUT2D eigenvalue weighted by Gasteiger charge is -2.46. The smallest absolute Gasteiger partial charge is 0.433 e. The molecule has 43 heavy (non-hydrogen) atoms. The molecule has 5 atom stereocenters. The summed E-state index contributed by atoms with van der Waals surface area (Å²) in [7, 11) is -1.47. The van der Waals surface area contributed by atoms with Gasteiger partial charge in [-0.05, 0) is 35.3 Å². The first-order chi connectivity index (χ1) is 20.2. The first kappa shape index (κ1) is 31.6. The summed E-state index contributed by atoms with van der Waals surface area (Å²) in [6.07, 6.45) is -8.61. The number of fused-ring (bicyclic) bond motifs is 1. The molecular weight excluding hydrogens is 579 g/mol. The summed E-state index contributed by atoms with van der Waals surface area (Å²) < 4.78 is 77.8. The van der Waals surface area contributed by atoms with Gasteiger partial charge in [-0.2, -0.15) is 13.2 Å². The van der Waals surface area contributed by atoms with Gasteiger partial charge < -0.3 is 28.1 Å². The Hall–Kier alpha value is -2.80. The molecule has 7 nitrogen and oxygen atoms in total. The van der Waals surface area contributed by atoms with Gasteiger partial charge in [0, 0.05) is 13.2 Å². The SMILES string of the molecule is CO[C@H]1O[C@H](CO[Si](c2ccccc2)(c2ccccc2)C(C)(C)C)[C@@H]2OC(C)(C)O[C@@H]2[C@H]1Oc1cccc(C(F)(F)F)n1. The Bertz CT molecular complexity index is 1330. The van der Waals surface area contributed by atoms with Crippen LogP contribution in [0.5, 0.6) is 5.88 Å². The van der Waals surface area contributed by atoms with Gasteiger partial charge in [-0.25, -0.2) is 4.98 Å². The Morgan fingerprint density at radius 3 is 1.95 bits per heavy atom. The van der Waals surface area contributed by atoms with Crippen molar-refractivity contribution in [3.05, 3.63) is 84.6 Å². The Morgan fingerprint density at radius 1 is 0.837 bits per heavy atom. The number of hydrogen-bond acceptors (Lipinski definition) is 7. The second kappa shape index (κ2) is 11.9. The summed E-state index contributed by atoms with van der Waals surface area (Å²) in [5, 5.41) is 1.97. The van der Waals surface area contributed by atoms with Crippen LogP contribution in [-0.2, 0) is 29.5 Å². The molecule has 0 N–H and O–H groups in total. The fraction of sp³-hybridized carbons (Fsp3) is 0.469. The lowest BCUT2D eigenvalue weighted by molar-refractivity contribution is -0.267. The van der Waals surface area contributed by atoms with Crippen molar-refractivity contribution in [1.29, 1.82) is 0 Å². The Labute approximate surface area is 251 Å². The highest BCUT2D eigenvalue weighted by Crippen LogP contribution is 2.41. The van der Waals surface area contributed by atoms with Crippen molar-refractivity contribution in [3.8, 4) is 5.88 Å². The maximum Gasteiger partial charge on any atom is 0.433 e. The summed E-state index contributed by atoms with van der Waals surface area (Å²) in [6, 6.07) is 24.0. The maximum absolute atomic E-state index is 13.3. The highest BCUT2D eigenvalue weighted by Gasteiger charge is 2.58. The van der Waals surface area contributed by atoms with Gasteiger partial charge in [0.25, 0.3) is 8.32 Å². The van der Waals surface area contributed by atoms with Crippen LogP contribution >= 0.6 is 0 Å². The highest BCUT2D eigenvalue weighted by molar-refractivity contribution is 6.99. The zero-order valence-electron chi connectivity index (χ0n) is 25.1. The van der Waals surface area contributed by atoms with Crippen LogP contribution in [0.2, 0.25) is 5.04 Å². The van der Waals surface area contributed by atoms with Crippen molar-refractivity contribution >= 4 is 18.7 Å². The van der Waals surface area contributed by atoms with Gasteiger partial charge in [0.05, 0.1) is 6.61 Å². The van der Waals surface area contributed by atoms with E-state index in [1.165, 1.54) is 19.2 Å². The second-order valence-electron chi connectivity index (χ2n) is 12.3. The van der Waals surface area contributed by atoms with Gasteiger partial charge in [-0.1, -0.05) is 87.5 Å². The highest BCUT2D eigenvalue weighted by atomic mass is 28.4. The molecule has 1 aromatic heterocycles. The number of pyridine rings is 1. The van der Waals surface area contributed by atoms with Gasteiger partial charge in [0.2, 0.25) is 5.88 Å². The molecular formula is C32H38F3NO6Si. The second-order valence-corrected chi connectivity index (χ2v) is 16.6. The van der Waals surface area contributed by atoms with Crippen LogP contribution in [0.25, 0.3) is 0 Å². The van der Waals surface area contributed by atoms with E-state index in [9.17, 15) is 13.2 Å². The average Bonchev–Trinajstić information content (AvgIpc) is 3.29. The molecule has 0 radical (unpaired) electrons. The molecule has 2 aliphatic rings. The Kier molecular flexibility index (Phi) is 8.78. The van der Waals surface area contributed by atoms with E-state index in [1.807, 2.05) is 36.4 Å². The number of ether oxygens (including phenoxy) is 5. The minimum Gasteiger partial charge on any atom is -0.466 e. The van der Waals surface area contributed by atoms with Crippen molar-refractivity contribution in [2.75, 3.05) is 13.7 Å². The van der Waals surface area contributed by atoms with Crippen LogP contribution in [0.3, 0.4) is 0 Å². The van der Waals surface area contributed by atoms with Crippen molar-refractivity contribution in [2.45, 2.75) is 82.3 Å². The fourth-order valence-corrected chi connectivity index (χ4v) is 10.6. The van der Waals surface area contributed by atoms with E-state index in [4.69, 9.17) is 28.1 Å². The average molecular weight is 618 g/mol. The summed E-state index contributed by atoms with van der Waals surface area (Å²) in [4.78, 5) is 3.67. The lowest BCUT2D eigenvalue weighted by atomic mass is 9.99. The Balaban J connectivity index is 1.47. The molecule has 0 unspecified atom stereocenters. The first-order valence-electron chi connectivity index (χ1n) is 14.2. The van der Waals surface area contributed by atoms with Crippen LogP contribution in [-0.4, -0.2) is 63.5 Å². The maximum atomic E-state index is 13.3. The molecule has 0 aliphatic carbocycles. The third-order valence-corrected chi connectivity index (χ3v) is 12.8. The zero-order valence-corrected chi connectivity index (χ0v) is 26.1. The minimum absolute atomic E-state index is 0.155. The van der Waals surface area contributed by atoms with Gasteiger partial charge in [0.1, 0.15) is 24.0 Å². The van der Waals surface area contributed by atoms with Crippen molar-refractivity contribution in [3.63, 3.8) is 0 Å². The molecule has 2 fully saturated rings. The van der Waals surface area contributed by atoms with Gasteiger partial charge in [-0.15, -0.1) is 0 Å². The van der Waals surface area contributed by atoms with E-state index in [2.05, 4.69) is 50.0 Å². The number of rotatable bonds is 8. The molecule has 0 spiro atoms. The van der Waals surface area contributed by atoms with E-state index in [0.29, 0.717) is 0 Å². The summed E-state index contributed by atoms with van der Waals surface area (Å²) in [5.74, 6) is -1.24. The van der Waals surface area contributed by atoms with Crippen LogP contribution in [0.4, 0.5) is 13.2 Å². The normalized spacial score (nSPS) is 25.7. The third kappa shape index (κ3) is 6.38. The number of hydrogen-bond donors (Lipinski definition) is 0. The van der Waals surface area contributed by atoms with Crippen molar-refractivity contribution in [1.82, 2.24) is 4.98 Å². The minimum atomic E-state index is -4.62. The summed E-state index contributed by atoms with van der Waals surface area (Å²) in [5.41, 5.74) is -1.06. The molecule has 0 saturated carbocycles. The van der Waals surface area contributed by atoms with Crippen LogP contribution in [0, 0.1) is 0 Å².